The van der Waals surface area contributed by atoms with E-state index in [1.165, 1.54) is 77.0 Å². The molecule has 0 aromatic heterocycles. The molecule has 0 heterocycles. The van der Waals surface area contributed by atoms with Crippen molar-refractivity contribution in [1.29, 1.82) is 0 Å². The van der Waals surface area contributed by atoms with Gasteiger partial charge >= 0.3 is 13.8 Å². The van der Waals surface area contributed by atoms with Crippen LogP contribution in [-0.2, 0) is 27.9 Å². The molecule has 0 saturated carbocycles. The smallest absolute Gasteiger partial charge is 0.463 e. The molecule has 0 fully saturated rings. The normalized spacial score (nSPS) is 13.9. The highest BCUT2D eigenvalue weighted by atomic mass is 31.2. The third-order valence-corrected chi connectivity index (χ3v) is 10.6. The van der Waals surface area contributed by atoms with E-state index in [1.54, 1.807) is 0 Å². The number of phosphoric ester groups is 1. The number of phosphoric acid groups is 1. The van der Waals surface area contributed by atoms with Crippen molar-refractivity contribution in [3.05, 3.63) is 72.9 Å². The summed E-state index contributed by atoms with van der Waals surface area (Å²) in [7, 11) is -4.43. The molecule has 0 spiro atoms. The molecular weight excluding hydrogens is 762 g/mol. The van der Waals surface area contributed by atoms with Gasteiger partial charge in [-0.1, -0.05) is 164 Å². The van der Waals surface area contributed by atoms with Crippen molar-refractivity contribution in [2.24, 2.45) is 0 Å². The van der Waals surface area contributed by atoms with Gasteiger partial charge in [-0.3, -0.25) is 18.6 Å². The standard InChI is InChI=1S/C49H86NO8P/c1-3-5-7-9-11-13-15-17-19-21-22-23-24-26-28-30-32-34-36-38-40-42-49(53)56-45-47(51)46-58-59(54,55)57-44-43-50-48(52)41-39-37-35-33-31-29-27-25-20-18-16-14-12-10-8-6-4-2/h11-14,17-20,22-23,26,28,47,51H,3-10,15-16,21,24-25,27,29-46H2,1-2H3,(H,50,52)(H,54,55)/b13-11-,14-12-,19-17-,20-18-,23-22-,28-26-. The van der Waals surface area contributed by atoms with Gasteiger partial charge in [0.05, 0.1) is 13.2 Å². The molecule has 0 saturated heterocycles. The number of amides is 1. The molecule has 10 heteroatoms. The third kappa shape index (κ3) is 46.4. The summed E-state index contributed by atoms with van der Waals surface area (Å²) in [4.78, 5) is 34.0. The third-order valence-electron chi connectivity index (χ3n) is 9.61. The Labute approximate surface area is 360 Å². The Bertz CT molecular complexity index is 1190. The van der Waals surface area contributed by atoms with Crippen molar-refractivity contribution in [3.63, 3.8) is 0 Å². The van der Waals surface area contributed by atoms with Crippen LogP contribution >= 0.6 is 7.82 Å². The van der Waals surface area contributed by atoms with Crippen molar-refractivity contribution >= 4 is 19.7 Å². The van der Waals surface area contributed by atoms with Gasteiger partial charge < -0.3 is 20.1 Å². The number of unbranched alkanes of at least 4 members (excludes halogenated alkanes) is 18. The van der Waals surface area contributed by atoms with Crippen molar-refractivity contribution in [1.82, 2.24) is 5.32 Å². The second kappa shape index (κ2) is 45.0. The minimum atomic E-state index is -4.43. The van der Waals surface area contributed by atoms with Gasteiger partial charge in [-0.15, -0.1) is 0 Å². The topological polar surface area (TPSA) is 131 Å². The Morgan fingerprint density at radius 1 is 0.525 bits per heavy atom. The Hall–Kier alpha value is -2.55. The predicted octanol–water partition coefficient (Wildman–Crippen LogP) is 13.4. The maximum Gasteiger partial charge on any atom is 0.472 e. The zero-order valence-corrected chi connectivity index (χ0v) is 38.3. The second-order valence-electron chi connectivity index (χ2n) is 15.4. The maximum atomic E-state index is 12.1. The van der Waals surface area contributed by atoms with Crippen LogP contribution in [0.25, 0.3) is 0 Å². The van der Waals surface area contributed by atoms with Crippen LogP contribution in [0.2, 0.25) is 0 Å². The zero-order valence-electron chi connectivity index (χ0n) is 37.4. The van der Waals surface area contributed by atoms with Crippen LogP contribution in [0.4, 0.5) is 0 Å². The number of carbonyl (C=O) groups excluding carboxylic acids is 2. The number of hydrogen-bond donors (Lipinski definition) is 3. The highest BCUT2D eigenvalue weighted by Gasteiger charge is 2.23. The van der Waals surface area contributed by atoms with E-state index in [9.17, 15) is 24.2 Å². The van der Waals surface area contributed by atoms with Crippen molar-refractivity contribution in [2.45, 2.75) is 200 Å². The maximum absolute atomic E-state index is 12.1. The second-order valence-corrected chi connectivity index (χ2v) is 16.8. The molecule has 0 aliphatic rings. The molecule has 0 rings (SSSR count). The molecule has 3 N–H and O–H groups in total. The summed E-state index contributed by atoms with van der Waals surface area (Å²) in [5.74, 6) is -0.546. The summed E-state index contributed by atoms with van der Waals surface area (Å²) >= 11 is 0. The van der Waals surface area contributed by atoms with Crippen LogP contribution in [0.5, 0.6) is 0 Å². The van der Waals surface area contributed by atoms with Crippen molar-refractivity contribution in [3.8, 4) is 0 Å². The van der Waals surface area contributed by atoms with Gasteiger partial charge in [0.15, 0.2) is 0 Å². The van der Waals surface area contributed by atoms with Crippen molar-refractivity contribution in [2.75, 3.05) is 26.4 Å². The molecule has 0 aromatic carbocycles. The van der Waals surface area contributed by atoms with E-state index >= 15 is 0 Å². The van der Waals surface area contributed by atoms with E-state index in [-0.39, 0.29) is 32.1 Å². The van der Waals surface area contributed by atoms with Gasteiger partial charge in [-0.2, -0.15) is 0 Å². The summed E-state index contributed by atoms with van der Waals surface area (Å²) in [6, 6.07) is 0. The molecule has 0 aliphatic carbocycles. The first kappa shape index (κ1) is 56.5. The monoisotopic (exact) mass is 848 g/mol. The summed E-state index contributed by atoms with van der Waals surface area (Å²) in [6.45, 7) is 3.47. The number of aliphatic hydroxyl groups is 1. The van der Waals surface area contributed by atoms with Crippen LogP contribution in [0.1, 0.15) is 194 Å². The highest BCUT2D eigenvalue weighted by Crippen LogP contribution is 2.42. The number of aliphatic hydroxyl groups excluding tert-OH is 1. The average molecular weight is 848 g/mol. The van der Waals surface area contributed by atoms with Gasteiger partial charge in [-0.05, 0) is 89.9 Å². The largest absolute Gasteiger partial charge is 0.472 e. The fourth-order valence-corrected chi connectivity index (χ4v) is 6.80. The lowest BCUT2D eigenvalue weighted by molar-refractivity contribution is -0.147. The number of hydrogen-bond acceptors (Lipinski definition) is 7. The minimum Gasteiger partial charge on any atom is -0.463 e. The first-order chi connectivity index (χ1) is 28.8. The van der Waals surface area contributed by atoms with Crippen LogP contribution in [-0.4, -0.2) is 54.3 Å². The van der Waals surface area contributed by atoms with Gasteiger partial charge in [0.1, 0.15) is 12.7 Å². The molecule has 1 amide bonds. The average Bonchev–Trinajstić information content (AvgIpc) is 3.22. The van der Waals surface area contributed by atoms with Gasteiger partial charge in [0.25, 0.3) is 0 Å². The Balaban J connectivity index is 3.65. The number of allylic oxidation sites excluding steroid dienone is 12. The molecule has 0 bridgehead atoms. The lowest BCUT2D eigenvalue weighted by Crippen LogP contribution is -2.27. The molecule has 0 aliphatic heterocycles. The van der Waals surface area contributed by atoms with E-state index in [0.717, 1.165) is 83.5 Å². The number of rotatable bonds is 43. The Morgan fingerprint density at radius 3 is 1.37 bits per heavy atom. The van der Waals surface area contributed by atoms with E-state index in [2.05, 4.69) is 92.1 Å². The molecular formula is C49H86NO8P. The SMILES string of the molecule is CCCCC/C=C\C/C=C\C/C=C\C/C=C\CCCCCCCC(=O)OCC(O)COP(=O)(O)OCCNC(=O)CCCCCCCCC/C=C\C/C=C\CCCCC. The van der Waals surface area contributed by atoms with Crippen LogP contribution in [0.15, 0.2) is 72.9 Å². The highest BCUT2D eigenvalue weighted by molar-refractivity contribution is 7.47. The van der Waals surface area contributed by atoms with E-state index in [0.29, 0.717) is 12.8 Å². The fraction of sp³-hybridized carbons (Fsp3) is 0.714. The van der Waals surface area contributed by atoms with E-state index < -0.39 is 26.5 Å². The van der Waals surface area contributed by atoms with Crippen LogP contribution in [0.3, 0.4) is 0 Å². The first-order valence-electron chi connectivity index (χ1n) is 23.4. The van der Waals surface area contributed by atoms with Crippen LogP contribution < -0.4 is 5.32 Å². The van der Waals surface area contributed by atoms with Crippen molar-refractivity contribution < 1.29 is 37.9 Å². The molecule has 0 aromatic rings. The van der Waals surface area contributed by atoms with Gasteiger partial charge in [-0.25, -0.2) is 4.57 Å². The quantitative estimate of drug-likeness (QED) is 0.0239. The number of ether oxygens (including phenoxy) is 1. The van der Waals surface area contributed by atoms with Gasteiger partial charge in [0, 0.05) is 19.4 Å². The fourth-order valence-electron chi connectivity index (χ4n) is 6.04. The summed E-state index contributed by atoms with van der Waals surface area (Å²) in [6.07, 6.45) is 55.4. The molecule has 9 nitrogen and oxygen atoms in total. The zero-order chi connectivity index (χ0) is 43.2. The Kier molecular flexibility index (Phi) is 43.0. The lowest BCUT2D eigenvalue weighted by Gasteiger charge is -2.15. The first-order valence-corrected chi connectivity index (χ1v) is 24.9. The predicted molar refractivity (Wildman–Crippen MR) is 247 cm³/mol. The minimum absolute atomic E-state index is 0.0714. The van der Waals surface area contributed by atoms with Crippen LogP contribution in [0, 0.1) is 0 Å². The molecule has 340 valence electrons. The summed E-state index contributed by atoms with van der Waals surface area (Å²) in [5.41, 5.74) is 0. The summed E-state index contributed by atoms with van der Waals surface area (Å²) < 4.78 is 26.9. The van der Waals surface area contributed by atoms with Gasteiger partial charge in [0.2, 0.25) is 5.91 Å². The summed E-state index contributed by atoms with van der Waals surface area (Å²) in [5, 5.41) is 12.7. The Morgan fingerprint density at radius 2 is 0.915 bits per heavy atom. The number of carbonyl (C=O) groups is 2. The number of nitrogens with one attached hydrogen (secondary N) is 1. The lowest BCUT2D eigenvalue weighted by atomic mass is 10.1. The van der Waals surface area contributed by atoms with E-state index in [1.807, 2.05) is 0 Å². The molecule has 2 unspecified atom stereocenters. The van der Waals surface area contributed by atoms with E-state index in [4.69, 9.17) is 13.8 Å². The molecule has 0 radical (unpaired) electrons. The molecule has 59 heavy (non-hydrogen) atoms. The number of esters is 1. The molecule has 2 atom stereocenters.